The highest BCUT2D eigenvalue weighted by molar-refractivity contribution is 5.97. The largest absolute Gasteiger partial charge is 0.465 e. The second kappa shape index (κ2) is 6.13. The molecule has 1 aliphatic carbocycles. The third-order valence-electron chi connectivity index (χ3n) is 4.26. The predicted octanol–water partition coefficient (Wildman–Crippen LogP) is 1.78. The van der Waals surface area contributed by atoms with Crippen LogP contribution in [0.4, 0.5) is 0 Å². The lowest BCUT2D eigenvalue weighted by atomic mass is 9.91. The smallest absolute Gasteiger partial charge is 0.293 e. The molecule has 1 fully saturated rings. The second-order valence-corrected chi connectivity index (χ2v) is 5.55. The second-order valence-electron chi connectivity index (χ2n) is 5.55. The zero-order valence-electron chi connectivity index (χ0n) is 12.3. The summed E-state index contributed by atoms with van der Waals surface area (Å²) in [6.07, 6.45) is 3.21. The lowest BCUT2D eigenvalue weighted by Gasteiger charge is -2.34. The van der Waals surface area contributed by atoms with E-state index in [0.29, 0.717) is 23.1 Å². The van der Waals surface area contributed by atoms with Crippen LogP contribution in [0.15, 0.2) is 22.8 Å². The first-order valence-corrected chi connectivity index (χ1v) is 7.27. The Labute approximate surface area is 127 Å². The van der Waals surface area contributed by atoms with E-state index in [2.05, 4.69) is 14.9 Å². The fraction of sp³-hybridized carbons (Fsp3) is 0.467. The van der Waals surface area contributed by atoms with Gasteiger partial charge >= 0.3 is 0 Å². The van der Waals surface area contributed by atoms with Gasteiger partial charge in [-0.15, -0.1) is 0 Å². The van der Waals surface area contributed by atoms with Crippen molar-refractivity contribution < 1.29 is 19.0 Å². The number of hydrogen-bond acceptors (Lipinski definition) is 6. The van der Waals surface area contributed by atoms with E-state index in [1.165, 1.54) is 0 Å². The maximum Gasteiger partial charge on any atom is 0.293 e. The Kier molecular flexibility index (Phi) is 4.04. The number of rotatable bonds is 4. The molecule has 1 amide bonds. The number of nitrogens with zero attached hydrogens (tertiary/aromatic N) is 3. The molecule has 0 spiro atoms. The molecule has 0 unspecified atom stereocenters. The molecule has 1 aromatic carbocycles. The summed E-state index contributed by atoms with van der Waals surface area (Å²) >= 11 is 0. The number of fused-ring (bicyclic) bond motifs is 1. The number of carbonyl (C=O) groups excluding carboxylic acids is 2. The van der Waals surface area contributed by atoms with Gasteiger partial charge in [0.2, 0.25) is 0 Å². The maximum atomic E-state index is 12.6. The number of hydrogen-bond donors (Lipinski definition) is 0. The van der Waals surface area contributed by atoms with Crippen LogP contribution in [-0.4, -0.2) is 46.8 Å². The predicted molar refractivity (Wildman–Crippen MR) is 77.1 cm³/mol. The molecule has 0 N–H and O–H groups in total. The molecule has 116 valence electrons. The van der Waals surface area contributed by atoms with Gasteiger partial charge in [-0.3, -0.25) is 9.59 Å². The molecule has 1 saturated carbocycles. The van der Waals surface area contributed by atoms with Gasteiger partial charge < -0.3 is 9.64 Å². The molecule has 22 heavy (non-hydrogen) atoms. The summed E-state index contributed by atoms with van der Waals surface area (Å²) in [5, 5.41) is 7.48. The van der Waals surface area contributed by atoms with Crippen LogP contribution < -0.4 is 0 Å². The monoisotopic (exact) mass is 303 g/mol. The van der Waals surface area contributed by atoms with E-state index in [-0.39, 0.29) is 18.1 Å². The van der Waals surface area contributed by atoms with Crippen molar-refractivity contribution in [1.82, 2.24) is 15.2 Å². The Balaban J connectivity index is 1.67. The standard InChI is InChI=1S/C15H17N3O4/c1-18(11-3-5-12(6-4-11)21-9-19)15(20)10-2-7-13-14(8-10)17-22-16-13/h2,7-9,11-12H,3-6H2,1H3. The quantitative estimate of drug-likeness (QED) is 0.800. The highest BCUT2D eigenvalue weighted by Crippen LogP contribution is 2.25. The Bertz CT molecular complexity index is 676. The van der Waals surface area contributed by atoms with Gasteiger partial charge in [0.15, 0.2) is 0 Å². The van der Waals surface area contributed by atoms with Gasteiger partial charge in [0.1, 0.15) is 17.1 Å². The maximum absolute atomic E-state index is 12.6. The zero-order chi connectivity index (χ0) is 15.5. The van der Waals surface area contributed by atoms with Crippen molar-refractivity contribution in [2.45, 2.75) is 37.8 Å². The third-order valence-corrected chi connectivity index (χ3v) is 4.26. The fourth-order valence-electron chi connectivity index (χ4n) is 2.93. The number of ether oxygens (including phenoxy) is 1. The van der Waals surface area contributed by atoms with Gasteiger partial charge in [-0.25, -0.2) is 4.63 Å². The van der Waals surface area contributed by atoms with Crippen molar-refractivity contribution in [3.63, 3.8) is 0 Å². The van der Waals surface area contributed by atoms with Crippen LogP contribution in [0.2, 0.25) is 0 Å². The minimum atomic E-state index is -0.0512. The van der Waals surface area contributed by atoms with E-state index in [1.807, 2.05) is 0 Å². The molecule has 3 rings (SSSR count). The number of benzene rings is 1. The van der Waals surface area contributed by atoms with Gasteiger partial charge in [-0.2, -0.15) is 0 Å². The molecule has 1 heterocycles. The van der Waals surface area contributed by atoms with E-state index >= 15 is 0 Å². The van der Waals surface area contributed by atoms with Gasteiger partial charge in [-0.1, -0.05) is 0 Å². The third kappa shape index (κ3) is 2.79. The average Bonchev–Trinajstić information content (AvgIpc) is 3.02. The van der Waals surface area contributed by atoms with Gasteiger partial charge in [-0.05, 0) is 54.2 Å². The van der Waals surface area contributed by atoms with Crippen molar-refractivity contribution >= 4 is 23.4 Å². The van der Waals surface area contributed by atoms with E-state index in [9.17, 15) is 9.59 Å². The zero-order valence-corrected chi connectivity index (χ0v) is 12.3. The van der Waals surface area contributed by atoms with E-state index in [4.69, 9.17) is 4.74 Å². The average molecular weight is 303 g/mol. The molecule has 1 aromatic heterocycles. The Morgan fingerprint density at radius 2 is 2.00 bits per heavy atom. The van der Waals surface area contributed by atoms with Crippen LogP contribution in [0, 0.1) is 0 Å². The van der Waals surface area contributed by atoms with Crippen molar-refractivity contribution in [2.24, 2.45) is 0 Å². The van der Waals surface area contributed by atoms with Crippen molar-refractivity contribution in [3.05, 3.63) is 23.8 Å². The molecule has 0 bridgehead atoms. The molecule has 0 aliphatic heterocycles. The summed E-state index contributed by atoms with van der Waals surface area (Å²) in [6, 6.07) is 5.30. The summed E-state index contributed by atoms with van der Waals surface area (Å²) in [4.78, 5) is 24.7. The summed E-state index contributed by atoms with van der Waals surface area (Å²) in [7, 11) is 1.80. The molecule has 0 radical (unpaired) electrons. The van der Waals surface area contributed by atoms with Crippen LogP contribution in [0.5, 0.6) is 0 Å². The molecule has 0 atom stereocenters. The lowest BCUT2D eigenvalue weighted by Crippen LogP contribution is -2.40. The minimum absolute atomic E-state index is 0.0187. The highest BCUT2D eigenvalue weighted by atomic mass is 16.6. The molecule has 0 saturated heterocycles. The Morgan fingerprint density at radius 1 is 1.27 bits per heavy atom. The molecule has 2 aromatic rings. The first-order chi connectivity index (χ1) is 10.7. The van der Waals surface area contributed by atoms with Crippen LogP contribution in [0.3, 0.4) is 0 Å². The summed E-state index contributed by atoms with van der Waals surface area (Å²) in [5.41, 5.74) is 1.77. The van der Waals surface area contributed by atoms with Crippen LogP contribution >= 0.6 is 0 Å². The molecule has 7 heteroatoms. The summed E-state index contributed by atoms with van der Waals surface area (Å²) in [6.45, 7) is 0.501. The molecule has 7 nitrogen and oxygen atoms in total. The molecular formula is C15H17N3O4. The van der Waals surface area contributed by atoms with E-state index in [1.54, 1.807) is 30.1 Å². The number of aromatic nitrogens is 2. The van der Waals surface area contributed by atoms with Crippen molar-refractivity contribution in [1.29, 1.82) is 0 Å². The van der Waals surface area contributed by atoms with E-state index in [0.717, 1.165) is 25.7 Å². The molecule has 1 aliphatic rings. The van der Waals surface area contributed by atoms with Gasteiger partial charge in [0.25, 0.3) is 12.4 Å². The number of carbonyl (C=O) groups is 2. The first kappa shape index (κ1) is 14.5. The minimum Gasteiger partial charge on any atom is -0.465 e. The van der Waals surface area contributed by atoms with E-state index < -0.39 is 0 Å². The first-order valence-electron chi connectivity index (χ1n) is 7.27. The van der Waals surface area contributed by atoms with Crippen LogP contribution in [0.25, 0.3) is 11.0 Å². The van der Waals surface area contributed by atoms with Crippen molar-refractivity contribution in [3.8, 4) is 0 Å². The normalized spacial score (nSPS) is 21.5. The fourth-order valence-corrected chi connectivity index (χ4v) is 2.93. The number of amides is 1. The van der Waals surface area contributed by atoms with Gasteiger partial charge in [0, 0.05) is 18.7 Å². The summed E-state index contributed by atoms with van der Waals surface area (Å²) < 4.78 is 9.63. The Hall–Kier alpha value is -2.44. The van der Waals surface area contributed by atoms with Gasteiger partial charge in [0.05, 0.1) is 0 Å². The topological polar surface area (TPSA) is 85.5 Å². The lowest BCUT2D eigenvalue weighted by molar-refractivity contribution is -0.135. The Morgan fingerprint density at radius 3 is 2.73 bits per heavy atom. The SMILES string of the molecule is CN(C(=O)c1ccc2nonc2c1)C1CCC(OC=O)CC1. The van der Waals surface area contributed by atoms with Crippen LogP contribution in [0.1, 0.15) is 36.0 Å². The molecular weight excluding hydrogens is 286 g/mol. The summed E-state index contributed by atoms with van der Waals surface area (Å²) in [5.74, 6) is -0.0512. The van der Waals surface area contributed by atoms with Crippen LogP contribution in [-0.2, 0) is 9.53 Å². The highest BCUT2D eigenvalue weighted by Gasteiger charge is 2.27. The van der Waals surface area contributed by atoms with Crippen molar-refractivity contribution in [2.75, 3.05) is 7.05 Å².